The lowest BCUT2D eigenvalue weighted by Crippen LogP contribution is -2.40. The monoisotopic (exact) mass is 293 g/mol. The van der Waals surface area contributed by atoms with Gasteiger partial charge in [0.25, 0.3) is 5.91 Å². The van der Waals surface area contributed by atoms with Crippen molar-refractivity contribution in [1.82, 2.24) is 15.3 Å². The van der Waals surface area contributed by atoms with E-state index in [2.05, 4.69) is 15.3 Å². The van der Waals surface area contributed by atoms with Crippen molar-refractivity contribution in [2.75, 3.05) is 0 Å². The molecule has 0 fully saturated rings. The molecule has 0 saturated carbocycles. The van der Waals surface area contributed by atoms with E-state index in [1.807, 2.05) is 40.0 Å². The molecule has 0 bridgehead atoms. The Morgan fingerprint density at radius 2 is 1.95 bits per heavy atom. The average molecular weight is 293 g/mol. The van der Waals surface area contributed by atoms with Gasteiger partial charge in [-0.3, -0.25) is 4.79 Å². The van der Waals surface area contributed by atoms with Crippen molar-refractivity contribution >= 4 is 17.2 Å². The van der Waals surface area contributed by atoms with Crippen molar-refractivity contribution < 1.29 is 9.21 Å². The van der Waals surface area contributed by atoms with Crippen LogP contribution < -0.4 is 5.32 Å². The van der Waals surface area contributed by atoms with Gasteiger partial charge in [-0.15, -0.1) is 11.3 Å². The first kappa shape index (κ1) is 14.7. The van der Waals surface area contributed by atoms with E-state index in [-0.39, 0.29) is 17.1 Å². The lowest BCUT2D eigenvalue weighted by molar-refractivity contribution is 0.0880. The van der Waals surface area contributed by atoms with Crippen molar-refractivity contribution in [2.24, 2.45) is 0 Å². The van der Waals surface area contributed by atoms with Crippen molar-refractivity contribution in [3.8, 4) is 0 Å². The molecule has 0 aromatic carbocycles. The molecule has 0 radical (unpaired) electrons. The Hall–Kier alpha value is -1.69. The number of thiazole rings is 1. The van der Waals surface area contributed by atoms with Crippen LogP contribution in [0.25, 0.3) is 0 Å². The van der Waals surface area contributed by atoms with Crippen molar-refractivity contribution in [3.63, 3.8) is 0 Å². The molecule has 2 heterocycles. The van der Waals surface area contributed by atoms with Gasteiger partial charge in [-0.25, -0.2) is 9.97 Å². The minimum absolute atomic E-state index is 0.219. The van der Waals surface area contributed by atoms with Gasteiger partial charge >= 0.3 is 0 Å². The Labute approximate surface area is 122 Å². The minimum Gasteiger partial charge on any atom is -0.435 e. The quantitative estimate of drug-likeness (QED) is 0.944. The number of oxazole rings is 1. The summed E-state index contributed by atoms with van der Waals surface area (Å²) in [5.41, 5.74) is -0.761. The standard InChI is InChI=1S/C14H19N3O2S/c1-13(2,3)11-16-8-9(19-11)10(18)17-14(4,5)12-15-6-7-20-12/h6-8H,1-5H3,(H,17,18). The summed E-state index contributed by atoms with van der Waals surface area (Å²) in [6.45, 7) is 9.77. The summed E-state index contributed by atoms with van der Waals surface area (Å²) in [6.07, 6.45) is 3.19. The zero-order valence-electron chi connectivity index (χ0n) is 12.4. The first-order valence-electron chi connectivity index (χ1n) is 6.39. The number of carbonyl (C=O) groups excluding carboxylic acids is 1. The largest absolute Gasteiger partial charge is 0.435 e. The molecule has 0 aliphatic carbocycles. The lowest BCUT2D eigenvalue weighted by atomic mass is 9.97. The average Bonchev–Trinajstić information content (AvgIpc) is 3.00. The number of carbonyl (C=O) groups is 1. The Bertz CT molecular complexity index is 594. The topological polar surface area (TPSA) is 68.0 Å². The Kier molecular flexibility index (Phi) is 3.69. The van der Waals surface area contributed by atoms with Crippen LogP contribution in [-0.2, 0) is 11.0 Å². The van der Waals surface area contributed by atoms with Gasteiger partial charge in [0.2, 0.25) is 11.7 Å². The van der Waals surface area contributed by atoms with Crippen LogP contribution in [0.5, 0.6) is 0 Å². The molecule has 0 atom stereocenters. The van der Waals surface area contributed by atoms with Gasteiger partial charge in [-0.2, -0.15) is 0 Å². The maximum atomic E-state index is 12.2. The molecular weight excluding hydrogens is 274 g/mol. The van der Waals surface area contributed by atoms with Gasteiger partial charge in [-0.05, 0) is 13.8 Å². The zero-order valence-corrected chi connectivity index (χ0v) is 13.2. The van der Waals surface area contributed by atoms with Crippen LogP contribution in [0.1, 0.15) is 56.1 Å². The molecule has 5 nitrogen and oxygen atoms in total. The minimum atomic E-state index is -0.542. The Morgan fingerprint density at radius 1 is 1.25 bits per heavy atom. The molecule has 0 spiro atoms. The third-order valence-electron chi connectivity index (χ3n) is 2.76. The fourth-order valence-corrected chi connectivity index (χ4v) is 2.37. The van der Waals surface area contributed by atoms with Crippen LogP contribution in [0, 0.1) is 0 Å². The van der Waals surface area contributed by atoms with Gasteiger partial charge in [-0.1, -0.05) is 20.8 Å². The third-order valence-corrected chi connectivity index (χ3v) is 3.86. The molecule has 6 heteroatoms. The fraction of sp³-hybridized carbons (Fsp3) is 0.500. The molecule has 2 rings (SSSR count). The van der Waals surface area contributed by atoms with E-state index in [4.69, 9.17) is 4.42 Å². The second-order valence-corrected chi connectivity index (χ2v) is 7.09. The van der Waals surface area contributed by atoms with E-state index in [1.165, 1.54) is 17.5 Å². The van der Waals surface area contributed by atoms with E-state index in [1.54, 1.807) is 6.20 Å². The summed E-state index contributed by atoms with van der Waals surface area (Å²) in [5.74, 6) is 0.488. The molecule has 0 saturated heterocycles. The van der Waals surface area contributed by atoms with E-state index >= 15 is 0 Å². The van der Waals surface area contributed by atoms with Crippen LogP contribution >= 0.6 is 11.3 Å². The number of aromatic nitrogens is 2. The number of nitrogens with zero attached hydrogens (tertiary/aromatic N) is 2. The molecule has 20 heavy (non-hydrogen) atoms. The predicted octanol–water partition coefficient (Wildman–Crippen LogP) is 3.09. The maximum Gasteiger partial charge on any atom is 0.289 e. The highest BCUT2D eigenvalue weighted by Gasteiger charge is 2.28. The highest BCUT2D eigenvalue weighted by Crippen LogP contribution is 2.24. The van der Waals surface area contributed by atoms with Gasteiger partial charge in [0.1, 0.15) is 5.01 Å². The van der Waals surface area contributed by atoms with Crippen molar-refractivity contribution in [2.45, 2.75) is 45.6 Å². The zero-order chi connectivity index (χ0) is 15.0. The molecule has 1 N–H and O–H groups in total. The molecule has 0 aliphatic rings. The van der Waals surface area contributed by atoms with Gasteiger partial charge < -0.3 is 9.73 Å². The smallest absolute Gasteiger partial charge is 0.289 e. The summed E-state index contributed by atoms with van der Waals surface area (Å²) in [7, 11) is 0. The first-order chi connectivity index (χ1) is 9.20. The molecule has 2 aromatic heterocycles. The van der Waals surface area contributed by atoms with Gasteiger partial charge in [0.15, 0.2) is 0 Å². The highest BCUT2D eigenvalue weighted by atomic mass is 32.1. The normalized spacial score (nSPS) is 12.4. The number of rotatable bonds is 3. The van der Waals surface area contributed by atoms with Crippen LogP contribution in [0.4, 0.5) is 0 Å². The summed E-state index contributed by atoms with van der Waals surface area (Å²) in [5, 5.41) is 5.65. The van der Waals surface area contributed by atoms with E-state index in [0.29, 0.717) is 5.89 Å². The molecule has 1 amide bonds. The number of nitrogens with one attached hydrogen (secondary N) is 1. The summed E-state index contributed by atoms with van der Waals surface area (Å²) in [4.78, 5) is 20.6. The second-order valence-electron chi connectivity index (χ2n) is 6.20. The maximum absolute atomic E-state index is 12.2. The van der Waals surface area contributed by atoms with Crippen LogP contribution in [-0.4, -0.2) is 15.9 Å². The van der Waals surface area contributed by atoms with E-state index in [9.17, 15) is 4.79 Å². The van der Waals surface area contributed by atoms with E-state index < -0.39 is 5.54 Å². The number of hydrogen-bond donors (Lipinski definition) is 1. The number of amides is 1. The van der Waals surface area contributed by atoms with Gasteiger partial charge in [0, 0.05) is 17.0 Å². The summed E-state index contributed by atoms with van der Waals surface area (Å²) >= 11 is 1.50. The summed E-state index contributed by atoms with van der Waals surface area (Å²) < 4.78 is 5.53. The molecule has 0 aliphatic heterocycles. The van der Waals surface area contributed by atoms with Crippen LogP contribution in [0.3, 0.4) is 0 Å². The summed E-state index contributed by atoms with van der Waals surface area (Å²) in [6, 6.07) is 0. The van der Waals surface area contributed by atoms with Gasteiger partial charge in [0.05, 0.1) is 11.7 Å². The third kappa shape index (κ3) is 3.07. The Morgan fingerprint density at radius 3 is 2.45 bits per heavy atom. The van der Waals surface area contributed by atoms with Crippen molar-refractivity contribution in [3.05, 3.63) is 34.4 Å². The first-order valence-corrected chi connectivity index (χ1v) is 7.27. The number of hydrogen-bond acceptors (Lipinski definition) is 5. The molecule has 108 valence electrons. The molecule has 0 unspecified atom stereocenters. The fourth-order valence-electron chi connectivity index (χ4n) is 1.66. The van der Waals surface area contributed by atoms with Crippen LogP contribution in [0.15, 0.2) is 22.2 Å². The van der Waals surface area contributed by atoms with E-state index in [0.717, 1.165) is 5.01 Å². The van der Waals surface area contributed by atoms with Crippen molar-refractivity contribution in [1.29, 1.82) is 0 Å². The lowest BCUT2D eigenvalue weighted by Gasteiger charge is -2.23. The Balaban J connectivity index is 2.15. The second kappa shape index (κ2) is 5.01. The molecule has 2 aromatic rings. The van der Waals surface area contributed by atoms with Crippen LogP contribution in [0.2, 0.25) is 0 Å². The highest BCUT2D eigenvalue weighted by molar-refractivity contribution is 7.09. The molecular formula is C14H19N3O2S. The SMILES string of the molecule is CC(C)(C)c1ncc(C(=O)NC(C)(C)c2nccs2)o1. The predicted molar refractivity (Wildman–Crippen MR) is 77.8 cm³/mol.